The van der Waals surface area contributed by atoms with Gasteiger partial charge in [0.1, 0.15) is 66.5 Å². The van der Waals surface area contributed by atoms with Gasteiger partial charge in [-0.3, -0.25) is 81.7 Å². The van der Waals surface area contributed by atoms with E-state index in [1.807, 2.05) is 20.1 Å². The van der Waals surface area contributed by atoms with Crippen molar-refractivity contribution in [2.75, 3.05) is 38.2 Å². The van der Waals surface area contributed by atoms with Crippen molar-refractivity contribution in [3.05, 3.63) is 54.2 Å². The number of hydrogen-bond donors (Lipinski definition) is 22. The van der Waals surface area contributed by atoms with Crippen molar-refractivity contribution in [2.24, 2.45) is 45.7 Å². The summed E-state index contributed by atoms with van der Waals surface area (Å²) in [6.45, 7) is 10.6. The standard InChI is InChI=1S/C68H106N22O17S.C2HF3O2/c1-33(2)23-46(86-61(101)43(15-12-21-74-68(71)72)82-52(94)29-76-59(99)44-17-19-51(93)81-44)60(100)77-31-54(96)89-56(37(8)91)67(107)85-45(16-18-50(69)92)62(102)88-48(25-38-27-75-41-14-11-10-13-40(38)41)63(103)80-36(7)58(98)90-55(35(5)6)66(106)78-30-53(95)83-49(26-39-28-73-32-79-39)65(105)87-47(24-34(3)4)64(104)84-42(57(70)97)20-22-108-9;3-2(4,5)1(6)7/h10-11,13-14,27-28,32-37,42-49,55-56,75,91H,12,15-26,29-31H2,1-9H3,(H2,69,92)(H2,70,97)(H,73,79)(H,76,99)(H,77,100)(H,78,106)(H,80,103)(H,81,93)(H,82,94)(H,83,95)(H,84,104)(H,85,107)(H,86,101)(H,87,105)(H,88,102)(H,89,96)(H,90,98)(H4,71,72,74);(H,6,7)/t36-,37+,42-,43-,44-,45-,46-,47-,48-,49-,55-,56-;/m0./s1. The summed E-state index contributed by atoms with van der Waals surface area (Å²) in [5.74, 6) is -17.0. The number of aromatic nitrogens is 3. The quantitative estimate of drug-likeness (QED) is 0.0142. The Labute approximate surface area is 663 Å². The lowest BCUT2D eigenvalue weighted by atomic mass is 10.0. The van der Waals surface area contributed by atoms with Crippen LogP contribution in [0, 0.1) is 17.8 Å². The number of nitrogens with two attached hydrogens (primary N) is 4. The second kappa shape index (κ2) is 48.4. The van der Waals surface area contributed by atoms with Crippen molar-refractivity contribution in [3.63, 3.8) is 0 Å². The molecule has 1 saturated heterocycles. The Kier molecular flexibility index (Phi) is 41.1. The number of aromatic amines is 2. The van der Waals surface area contributed by atoms with Crippen LogP contribution in [0.15, 0.2) is 48.0 Å². The number of aliphatic imine (C=N–C) groups is 1. The number of carboxylic acid groups (broad SMARTS) is 1. The van der Waals surface area contributed by atoms with E-state index >= 15 is 0 Å². The number of aliphatic carboxylic acids is 1. The number of nitrogens with zero attached hydrogens (tertiary/aromatic N) is 2. The maximum absolute atomic E-state index is 14.5. The highest BCUT2D eigenvalue weighted by atomic mass is 32.2. The van der Waals surface area contributed by atoms with Gasteiger partial charge in [0.15, 0.2) is 5.96 Å². The molecule has 1 aliphatic rings. The maximum atomic E-state index is 14.5. The van der Waals surface area contributed by atoms with Gasteiger partial charge in [0, 0.05) is 61.2 Å². The number of alkyl halides is 3. The van der Waals surface area contributed by atoms with Gasteiger partial charge in [-0.15, -0.1) is 0 Å². The number of halogens is 3. The van der Waals surface area contributed by atoms with Crippen molar-refractivity contribution >= 4 is 129 Å². The molecule has 638 valence electrons. The van der Waals surface area contributed by atoms with E-state index in [2.05, 4.69) is 94.4 Å². The van der Waals surface area contributed by atoms with Crippen LogP contribution in [0.1, 0.15) is 124 Å². The molecule has 2 aromatic heterocycles. The number of imidazole rings is 1. The summed E-state index contributed by atoms with van der Waals surface area (Å²) in [7, 11) is 0. The third-order valence-corrected chi connectivity index (χ3v) is 17.8. The number of carbonyl (C=O) groups is 17. The Balaban J connectivity index is 0.00000465. The van der Waals surface area contributed by atoms with Gasteiger partial charge in [-0.1, -0.05) is 59.7 Å². The Morgan fingerprint density at radius 3 is 1.63 bits per heavy atom. The molecule has 4 rings (SSSR count). The normalized spacial score (nSPS) is 15.3. The molecular formula is C70H107F3N22O19S. The number of primary amides is 2. The lowest BCUT2D eigenvalue weighted by molar-refractivity contribution is -0.192. The molecule has 12 atom stereocenters. The predicted octanol–water partition coefficient (Wildman–Crippen LogP) is -5.51. The number of amides is 16. The molecule has 3 aromatic rings. The molecule has 26 N–H and O–H groups in total. The molecule has 0 unspecified atom stereocenters. The third kappa shape index (κ3) is 35.9. The van der Waals surface area contributed by atoms with E-state index in [0.29, 0.717) is 27.9 Å². The number of benzene rings is 1. The fraction of sp³-hybridized carbons (Fsp3) is 0.586. The molecule has 41 nitrogen and oxygen atoms in total. The zero-order chi connectivity index (χ0) is 86.6. The maximum Gasteiger partial charge on any atom is 0.490 e. The highest BCUT2D eigenvalue weighted by Crippen LogP contribution is 2.21. The van der Waals surface area contributed by atoms with E-state index in [4.69, 9.17) is 32.8 Å². The Morgan fingerprint density at radius 1 is 0.591 bits per heavy atom. The summed E-state index contributed by atoms with van der Waals surface area (Å²) in [4.78, 5) is 238. The summed E-state index contributed by atoms with van der Waals surface area (Å²) >= 11 is 1.44. The fourth-order valence-electron chi connectivity index (χ4n) is 11.1. The summed E-state index contributed by atoms with van der Waals surface area (Å²) in [5.41, 5.74) is 23.5. The average molecular weight is 1650 g/mol. The van der Waals surface area contributed by atoms with Gasteiger partial charge in [0.2, 0.25) is 94.5 Å². The second-order valence-corrected chi connectivity index (χ2v) is 29.1. The van der Waals surface area contributed by atoms with Crippen molar-refractivity contribution in [1.82, 2.24) is 89.4 Å². The molecule has 0 aliphatic carbocycles. The summed E-state index contributed by atoms with van der Waals surface area (Å²) < 4.78 is 31.7. The van der Waals surface area contributed by atoms with Gasteiger partial charge in [0.05, 0.1) is 32.1 Å². The number of aliphatic hydroxyl groups excluding tert-OH is 1. The van der Waals surface area contributed by atoms with E-state index < -0.39 is 212 Å². The molecular weight excluding hydrogens is 1540 g/mol. The molecule has 0 spiro atoms. The lowest BCUT2D eigenvalue weighted by Gasteiger charge is -2.27. The van der Waals surface area contributed by atoms with E-state index in [0.717, 1.165) is 6.92 Å². The number of H-pyrrole nitrogens is 2. The largest absolute Gasteiger partial charge is 0.490 e. The van der Waals surface area contributed by atoms with Gasteiger partial charge in [-0.25, -0.2) is 9.78 Å². The Morgan fingerprint density at radius 2 is 1.10 bits per heavy atom. The molecule has 3 heterocycles. The Hall–Kier alpha value is -11.7. The molecule has 45 heteroatoms. The van der Waals surface area contributed by atoms with Gasteiger partial charge < -0.3 is 118 Å². The topological polar surface area (TPSA) is 660 Å². The predicted molar refractivity (Wildman–Crippen MR) is 409 cm³/mol. The van der Waals surface area contributed by atoms with E-state index in [1.54, 1.807) is 58.2 Å². The number of carboxylic acids is 1. The molecule has 1 aliphatic heterocycles. The van der Waals surface area contributed by atoms with Crippen LogP contribution in [-0.2, 0) is 94.3 Å². The highest BCUT2D eigenvalue weighted by molar-refractivity contribution is 7.98. The number of carbonyl (C=O) groups excluding carboxylic acids is 16. The zero-order valence-electron chi connectivity index (χ0n) is 65.1. The molecule has 0 bridgehead atoms. The Bertz CT molecular complexity index is 3900. The average Bonchev–Trinajstić information content (AvgIpc) is 1.70. The minimum absolute atomic E-state index is 0.00529. The molecule has 1 aromatic carbocycles. The van der Waals surface area contributed by atoms with Crippen molar-refractivity contribution < 1.29 is 105 Å². The fourth-order valence-corrected chi connectivity index (χ4v) is 11.6. The van der Waals surface area contributed by atoms with Gasteiger partial charge in [-0.2, -0.15) is 24.9 Å². The molecule has 0 saturated carbocycles. The summed E-state index contributed by atoms with van der Waals surface area (Å²) in [5, 5.41) is 53.8. The number of guanidine groups is 1. The lowest BCUT2D eigenvalue weighted by Crippen LogP contribution is -2.61. The van der Waals surface area contributed by atoms with Gasteiger partial charge >= 0.3 is 12.1 Å². The van der Waals surface area contributed by atoms with Crippen LogP contribution in [0.25, 0.3) is 10.9 Å². The summed E-state index contributed by atoms with van der Waals surface area (Å²) in [6, 6.07) is -7.95. The highest BCUT2D eigenvalue weighted by Gasteiger charge is 2.39. The number of hydrogen-bond acceptors (Lipinski definition) is 21. The van der Waals surface area contributed by atoms with Gasteiger partial charge in [-0.05, 0) is 100 Å². The monoisotopic (exact) mass is 1650 g/mol. The number of rotatable bonds is 47. The molecule has 115 heavy (non-hydrogen) atoms. The second-order valence-electron chi connectivity index (χ2n) is 28.1. The first-order valence-electron chi connectivity index (χ1n) is 36.7. The van der Waals surface area contributed by atoms with E-state index in [1.165, 1.54) is 31.2 Å². The van der Waals surface area contributed by atoms with Crippen LogP contribution in [0.4, 0.5) is 13.2 Å². The number of nitrogens with one attached hydrogen (secondary N) is 16. The first kappa shape index (κ1) is 97.5. The number of thioether (sulfide) groups is 1. The zero-order valence-corrected chi connectivity index (χ0v) is 65.9. The summed E-state index contributed by atoms with van der Waals surface area (Å²) in [6.07, 6.45) is -1.17. The number of para-hydroxylation sites is 1. The third-order valence-electron chi connectivity index (χ3n) is 17.1. The van der Waals surface area contributed by atoms with E-state index in [-0.39, 0.29) is 88.0 Å². The van der Waals surface area contributed by atoms with Crippen LogP contribution in [0.5, 0.6) is 0 Å². The SMILES string of the molecule is CSCC[C@H](NC(=O)[C@H](CC(C)C)NC(=O)[C@H](Cc1cnc[nH]1)NC(=O)CNC(=O)[C@@H](NC(=O)[C@H](C)NC(=O)[C@H](Cc1c[nH]c2ccccc12)NC(=O)[C@H](CCC(N)=O)NC(=O)[C@@H](NC(=O)CNC(=O)[C@H](CC(C)C)NC(=O)[C@H](CCCN=C(N)N)NC(=O)CNC(=O)[C@@H]1CCC(=O)N1)[C@@H](C)O)C(C)C)C(N)=O.O=C(O)C(F)(F)F. The van der Waals surface area contributed by atoms with Crippen LogP contribution in [0.2, 0.25) is 0 Å². The van der Waals surface area contributed by atoms with E-state index in [9.17, 15) is 95.0 Å². The molecule has 1 fully saturated rings. The van der Waals surface area contributed by atoms with Crippen molar-refractivity contribution in [1.29, 1.82) is 0 Å². The van der Waals surface area contributed by atoms with Crippen molar-refractivity contribution in [3.8, 4) is 0 Å². The first-order valence-corrected chi connectivity index (χ1v) is 38.1. The van der Waals surface area contributed by atoms with Crippen LogP contribution in [-0.4, -0.2) is 249 Å². The molecule has 0 radical (unpaired) electrons. The number of fused-ring (bicyclic) bond motifs is 1. The molecule has 16 amide bonds. The van der Waals surface area contributed by atoms with Gasteiger partial charge in [0.25, 0.3) is 0 Å². The van der Waals surface area contributed by atoms with Crippen LogP contribution < -0.4 is 97.4 Å². The smallest absolute Gasteiger partial charge is 0.475 e. The van der Waals surface area contributed by atoms with Crippen LogP contribution >= 0.6 is 11.8 Å². The minimum Gasteiger partial charge on any atom is -0.475 e. The number of aliphatic hydroxyl groups is 1. The minimum atomic E-state index is -5.08. The van der Waals surface area contributed by atoms with Crippen LogP contribution in [0.3, 0.4) is 0 Å². The first-order chi connectivity index (χ1) is 53.9. The van der Waals surface area contributed by atoms with Crippen molar-refractivity contribution in [2.45, 2.75) is 205 Å².